The molecule has 2 N–H and O–H groups in total. The molecule has 0 atom stereocenters. The summed E-state index contributed by atoms with van der Waals surface area (Å²) < 4.78 is 0. The average molecular weight is 219 g/mol. The summed E-state index contributed by atoms with van der Waals surface area (Å²) in [4.78, 5) is 21.2. The fourth-order valence-corrected chi connectivity index (χ4v) is 1.43. The van der Waals surface area contributed by atoms with Crippen LogP contribution in [0.4, 0.5) is 0 Å². The SMILES string of the molecule is CCSCCNC(=O)CCCC(=O)O. The Bertz CT molecular complexity index is 185. The lowest BCUT2D eigenvalue weighted by Crippen LogP contribution is -2.25. The van der Waals surface area contributed by atoms with Gasteiger partial charge in [0.1, 0.15) is 0 Å². The van der Waals surface area contributed by atoms with Crippen molar-refractivity contribution in [2.75, 3.05) is 18.1 Å². The Kier molecular flexibility index (Phi) is 8.42. The molecule has 0 unspecified atom stereocenters. The van der Waals surface area contributed by atoms with E-state index in [1.54, 1.807) is 11.8 Å². The molecule has 0 aliphatic rings. The maximum atomic E-state index is 11.1. The van der Waals surface area contributed by atoms with E-state index in [0.29, 0.717) is 19.4 Å². The zero-order chi connectivity index (χ0) is 10.8. The standard InChI is InChI=1S/C9H17NO3S/c1-2-14-7-6-10-8(11)4-3-5-9(12)13/h2-7H2,1H3,(H,10,11)(H,12,13). The van der Waals surface area contributed by atoms with Crippen LogP contribution in [-0.4, -0.2) is 35.0 Å². The second kappa shape index (κ2) is 8.87. The minimum atomic E-state index is -0.848. The Hall–Kier alpha value is -0.710. The molecule has 0 fully saturated rings. The molecule has 0 spiro atoms. The molecule has 0 aromatic heterocycles. The summed E-state index contributed by atoms with van der Waals surface area (Å²) in [5.74, 6) is 1.07. The highest BCUT2D eigenvalue weighted by Crippen LogP contribution is 1.97. The van der Waals surface area contributed by atoms with Crippen LogP contribution in [0.3, 0.4) is 0 Å². The van der Waals surface area contributed by atoms with Gasteiger partial charge in [0.25, 0.3) is 0 Å². The molecule has 0 aliphatic heterocycles. The molecule has 1 amide bonds. The first kappa shape index (κ1) is 13.3. The number of aliphatic carboxylic acids is 1. The molecule has 14 heavy (non-hydrogen) atoms. The minimum absolute atomic E-state index is 0.0528. The summed E-state index contributed by atoms with van der Waals surface area (Å²) >= 11 is 1.77. The summed E-state index contributed by atoms with van der Waals surface area (Å²) in [7, 11) is 0. The quantitative estimate of drug-likeness (QED) is 0.600. The lowest BCUT2D eigenvalue weighted by Gasteiger charge is -2.03. The predicted octanol–water partition coefficient (Wildman–Crippen LogP) is 1.11. The monoisotopic (exact) mass is 219 g/mol. The van der Waals surface area contributed by atoms with Gasteiger partial charge in [-0.15, -0.1) is 0 Å². The molecular weight excluding hydrogens is 202 g/mol. The van der Waals surface area contributed by atoms with E-state index in [4.69, 9.17) is 5.11 Å². The first-order valence-electron chi connectivity index (χ1n) is 4.73. The van der Waals surface area contributed by atoms with Crippen LogP contribution in [0.15, 0.2) is 0 Å². The van der Waals surface area contributed by atoms with Crippen LogP contribution in [0.5, 0.6) is 0 Å². The topological polar surface area (TPSA) is 66.4 Å². The predicted molar refractivity (Wildman–Crippen MR) is 57.5 cm³/mol. The second-order valence-electron chi connectivity index (χ2n) is 2.79. The van der Waals surface area contributed by atoms with E-state index >= 15 is 0 Å². The van der Waals surface area contributed by atoms with Crippen LogP contribution >= 0.6 is 11.8 Å². The van der Waals surface area contributed by atoms with Crippen molar-refractivity contribution in [1.29, 1.82) is 0 Å². The van der Waals surface area contributed by atoms with Crippen molar-refractivity contribution in [1.82, 2.24) is 5.32 Å². The summed E-state index contributed by atoms with van der Waals surface area (Å²) in [5, 5.41) is 11.1. The van der Waals surface area contributed by atoms with Crippen molar-refractivity contribution in [3.63, 3.8) is 0 Å². The van der Waals surface area contributed by atoms with Gasteiger partial charge < -0.3 is 10.4 Å². The number of carbonyl (C=O) groups is 2. The molecule has 0 heterocycles. The van der Waals surface area contributed by atoms with E-state index in [1.165, 1.54) is 0 Å². The molecular formula is C9H17NO3S. The Morgan fingerprint density at radius 1 is 1.36 bits per heavy atom. The molecule has 82 valence electrons. The van der Waals surface area contributed by atoms with Crippen molar-refractivity contribution >= 4 is 23.6 Å². The van der Waals surface area contributed by atoms with Gasteiger partial charge in [-0.3, -0.25) is 9.59 Å². The molecule has 0 aromatic rings. The highest BCUT2D eigenvalue weighted by atomic mass is 32.2. The minimum Gasteiger partial charge on any atom is -0.481 e. The van der Waals surface area contributed by atoms with Gasteiger partial charge in [0, 0.05) is 25.1 Å². The van der Waals surface area contributed by atoms with Crippen LogP contribution in [0, 0.1) is 0 Å². The maximum Gasteiger partial charge on any atom is 0.303 e. The summed E-state index contributed by atoms with van der Waals surface area (Å²) in [6.07, 6.45) is 0.794. The van der Waals surface area contributed by atoms with Crippen LogP contribution in [0.1, 0.15) is 26.2 Å². The highest BCUT2D eigenvalue weighted by molar-refractivity contribution is 7.99. The number of carboxylic acids is 1. The molecule has 0 aliphatic carbocycles. The first-order valence-corrected chi connectivity index (χ1v) is 5.88. The molecule has 0 aromatic carbocycles. The Morgan fingerprint density at radius 3 is 2.64 bits per heavy atom. The molecule has 0 rings (SSSR count). The molecule has 0 saturated heterocycles. The summed E-state index contributed by atoms with van der Waals surface area (Å²) in [6, 6.07) is 0. The van der Waals surface area contributed by atoms with E-state index in [0.717, 1.165) is 11.5 Å². The number of amides is 1. The van der Waals surface area contributed by atoms with Gasteiger partial charge in [-0.05, 0) is 12.2 Å². The lowest BCUT2D eigenvalue weighted by molar-refractivity contribution is -0.137. The molecule has 0 bridgehead atoms. The van der Waals surface area contributed by atoms with Gasteiger partial charge in [-0.25, -0.2) is 0 Å². The van der Waals surface area contributed by atoms with E-state index < -0.39 is 5.97 Å². The number of hydrogen-bond acceptors (Lipinski definition) is 3. The smallest absolute Gasteiger partial charge is 0.303 e. The van der Waals surface area contributed by atoms with Crippen molar-refractivity contribution in [2.24, 2.45) is 0 Å². The van der Waals surface area contributed by atoms with Crippen molar-refractivity contribution in [3.05, 3.63) is 0 Å². The van der Waals surface area contributed by atoms with E-state index in [-0.39, 0.29) is 12.3 Å². The number of thioether (sulfide) groups is 1. The zero-order valence-electron chi connectivity index (χ0n) is 8.41. The number of rotatable bonds is 8. The lowest BCUT2D eigenvalue weighted by atomic mass is 10.2. The van der Waals surface area contributed by atoms with Crippen LogP contribution in [0.25, 0.3) is 0 Å². The van der Waals surface area contributed by atoms with Gasteiger partial charge in [0.2, 0.25) is 5.91 Å². The Morgan fingerprint density at radius 2 is 2.07 bits per heavy atom. The van der Waals surface area contributed by atoms with Gasteiger partial charge in [-0.1, -0.05) is 6.92 Å². The Labute approximate surface area is 88.4 Å². The summed E-state index contributed by atoms with van der Waals surface area (Å²) in [6.45, 7) is 2.74. The highest BCUT2D eigenvalue weighted by Gasteiger charge is 2.02. The third-order valence-corrected chi connectivity index (χ3v) is 2.47. The fraction of sp³-hybridized carbons (Fsp3) is 0.778. The van der Waals surface area contributed by atoms with Crippen LogP contribution < -0.4 is 5.32 Å². The van der Waals surface area contributed by atoms with Crippen molar-refractivity contribution in [2.45, 2.75) is 26.2 Å². The molecule has 4 nitrogen and oxygen atoms in total. The number of carboxylic acid groups (broad SMARTS) is 1. The van der Waals surface area contributed by atoms with Crippen molar-refractivity contribution < 1.29 is 14.7 Å². The summed E-state index contributed by atoms with van der Waals surface area (Å²) in [5.41, 5.74) is 0. The first-order chi connectivity index (χ1) is 6.66. The van der Waals surface area contributed by atoms with Crippen LogP contribution in [-0.2, 0) is 9.59 Å². The number of hydrogen-bond donors (Lipinski definition) is 2. The average Bonchev–Trinajstić information content (AvgIpc) is 2.12. The van der Waals surface area contributed by atoms with Gasteiger partial charge in [-0.2, -0.15) is 11.8 Å². The Balaban J connectivity index is 3.24. The third-order valence-electron chi connectivity index (χ3n) is 1.57. The number of nitrogens with one attached hydrogen (secondary N) is 1. The molecule has 0 saturated carbocycles. The number of carbonyl (C=O) groups excluding carboxylic acids is 1. The van der Waals surface area contributed by atoms with Crippen molar-refractivity contribution in [3.8, 4) is 0 Å². The van der Waals surface area contributed by atoms with Gasteiger partial charge in [0.05, 0.1) is 0 Å². The van der Waals surface area contributed by atoms with E-state index in [1.807, 2.05) is 0 Å². The van der Waals surface area contributed by atoms with E-state index in [9.17, 15) is 9.59 Å². The third kappa shape index (κ3) is 9.38. The van der Waals surface area contributed by atoms with Gasteiger partial charge >= 0.3 is 5.97 Å². The molecule has 5 heteroatoms. The van der Waals surface area contributed by atoms with Crippen LogP contribution in [0.2, 0.25) is 0 Å². The fourth-order valence-electron chi connectivity index (χ4n) is 0.896. The molecule has 0 radical (unpaired) electrons. The normalized spacial score (nSPS) is 9.79. The maximum absolute atomic E-state index is 11.1. The van der Waals surface area contributed by atoms with Gasteiger partial charge in [0.15, 0.2) is 0 Å². The largest absolute Gasteiger partial charge is 0.481 e. The van der Waals surface area contributed by atoms with E-state index in [2.05, 4.69) is 12.2 Å². The second-order valence-corrected chi connectivity index (χ2v) is 4.19. The zero-order valence-corrected chi connectivity index (χ0v) is 9.23.